The smallest absolute Gasteiger partial charge is 0.224 e. The summed E-state index contributed by atoms with van der Waals surface area (Å²) in [5.74, 6) is -0.101. The molecule has 0 aliphatic carbocycles. The number of nitrogens with zero attached hydrogens (tertiary/aromatic N) is 1. The van der Waals surface area contributed by atoms with Crippen LogP contribution in [0.3, 0.4) is 0 Å². The summed E-state index contributed by atoms with van der Waals surface area (Å²) >= 11 is 0. The molecule has 2 aromatic heterocycles. The van der Waals surface area contributed by atoms with Gasteiger partial charge in [0, 0.05) is 24.3 Å². The molecule has 17 heavy (non-hydrogen) atoms. The Morgan fingerprint density at radius 1 is 1.65 bits per heavy atom. The molecule has 1 unspecified atom stereocenters. The SMILES string of the molecule is CC(O)CNC(=O)Cc1c[nH]c2ncccc12. The van der Waals surface area contributed by atoms with Gasteiger partial charge in [0.05, 0.1) is 12.5 Å². The molecule has 1 amide bonds. The van der Waals surface area contributed by atoms with Crippen molar-refractivity contribution in [2.75, 3.05) is 6.54 Å². The second-order valence-electron chi connectivity index (χ2n) is 4.04. The minimum atomic E-state index is -0.524. The van der Waals surface area contributed by atoms with Gasteiger partial charge in [0.2, 0.25) is 5.91 Å². The third kappa shape index (κ3) is 2.82. The van der Waals surface area contributed by atoms with Crippen LogP contribution < -0.4 is 5.32 Å². The molecular formula is C12H15N3O2. The lowest BCUT2D eigenvalue weighted by Gasteiger charge is -2.06. The van der Waals surface area contributed by atoms with E-state index in [9.17, 15) is 4.79 Å². The van der Waals surface area contributed by atoms with Crippen molar-refractivity contribution < 1.29 is 9.90 Å². The molecule has 0 bridgehead atoms. The van der Waals surface area contributed by atoms with E-state index in [1.54, 1.807) is 19.3 Å². The standard InChI is InChI=1S/C12H15N3O2/c1-8(16)6-14-11(17)5-9-7-15-12-10(9)3-2-4-13-12/h2-4,7-8,16H,5-6H2,1H3,(H,13,15)(H,14,17). The third-order valence-corrected chi connectivity index (χ3v) is 2.48. The average Bonchev–Trinajstić information content (AvgIpc) is 2.70. The number of H-pyrrole nitrogens is 1. The highest BCUT2D eigenvalue weighted by Crippen LogP contribution is 2.15. The van der Waals surface area contributed by atoms with Gasteiger partial charge in [-0.25, -0.2) is 4.98 Å². The number of aliphatic hydroxyl groups excluding tert-OH is 1. The molecule has 90 valence electrons. The van der Waals surface area contributed by atoms with Crippen LogP contribution in [-0.2, 0) is 11.2 Å². The van der Waals surface area contributed by atoms with Crippen molar-refractivity contribution in [2.24, 2.45) is 0 Å². The fraction of sp³-hybridized carbons (Fsp3) is 0.333. The van der Waals surface area contributed by atoms with Crippen LogP contribution in [0.5, 0.6) is 0 Å². The number of hydrogen-bond acceptors (Lipinski definition) is 3. The average molecular weight is 233 g/mol. The highest BCUT2D eigenvalue weighted by molar-refractivity contribution is 5.86. The maximum atomic E-state index is 11.6. The summed E-state index contributed by atoms with van der Waals surface area (Å²) in [6.07, 6.45) is 3.26. The van der Waals surface area contributed by atoms with E-state index < -0.39 is 6.10 Å². The minimum Gasteiger partial charge on any atom is -0.392 e. The summed E-state index contributed by atoms with van der Waals surface area (Å²) in [7, 11) is 0. The van der Waals surface area contributed by atoms with Crippen LogP contribution in [-0.4, -0.2) is 33.6 Å². The van der Waals surface area contributed by atoms with Gasteiger partial charge in [-0.05, 0) is 24.6 Å². The molecule has 0 spiro atoms. The zero-order valence-electron chi connectivity index (χ0n) is 9.60. The fourth-order valence-electron chi connectivity index (χ4n) is 1.66. The molecule has 2 heterocycles. The largest absolute Gasteiger partial charge is 0.392 e. The van der Waals surface area contributed by atoms with E-state index >= 15 is 0 Å². The van der Waals surface area contributed by atoms with Crippen molar-refractivity contribution in [2.45, 2.75) is 19.4 Å². The zero-order valence-corrected chi connectivity index (χ0v) is 9.60. The molecular weight excluding hydrogens is 218 g/mol. The number of fused-ring (bicyclic) bond motifs is 1. The van der Waals surface area contributed by atoms with E-state index in [0.717, 1.165) is 16.6 Å². The molecule has 0 saturated carbocycles. The number of rotatable bonds is 4. The topological polar surface area (TPSA) is 78.0 Å². The van der Waals surface area contributed by atoms with Crippen molar-refractivity contribution in [1.82, 2.24) is 15.3 Å². The van der Waals surface area contributed by atoms with Gasteiger partial charge in [-0.2, -0.15) is 0 Å². The Bertz CT molecular complexity index is 519. The Balaban J connectivity index is 2.06. The van der Waals surface area contributed by atoms with Crippen molar-refractivity contribution in [3.05, 3.63) is 30.1 Å². The number of nitrogens with one attached hydrogen (secondary N) is 2. The molecule has 0 aliphatic rings. The van der Waals surface area contributed by atoms with Crippen molar-refractivity contribution in [1.29, 1.82) is 0 Å². The van der Waals surface area contributed by atoms with Crippen LogP contribution >= 0.6 is 0 Å². The Labute approximate surface area is 98.9 Å². The molecule has 0 saturated heterocycles. The molecule has 2 rings (SSSR count). The molecule has 1 atom stereocenters. The van der Waals surface area contributed by atoms with Crippen molar-refractivity contribution in [3.63, 3.8) is 0 Å². The highest BCUT2D eigenvalue weighted by Gasteiger charge is 2.09. The lowest BCUT2D eigenvalue weighted by atomic mass is 10.1. The Morgan fingerprint density at radius 3 is 3.24 bits per heavy atom. The lowest BCUT2D eigenvalue weighted by molar-refractivity contribution is -0.120. The molecule has 0 radical (unpaired) electrons. The number of amides is 1. The Morgan fingerprint density at radius 2 is 2.47 bits per heavy atom. The maximum Gasteiger partial charge on any atom is 0.224 e. The molecule has 3 N–H and O–H groups in total. The van der Waals surface area contributed by atoms with Gasteiger partial charge in [0.15, 0.2) is 0 Å². The quantitative estimate of drug-likeness (QED) is 0.723. The van der Waals surface area contributed by atoms with Gasteiger partial charge in [-0.15, -0.1) is 0 Å². The summed E-state index contributed by atoms with van der Waals surface area (Å²) in [4.78, 5) is 18.8. The maximum absolute atomic E-state index is 11.6. The molecule has 2 aromatic rings. The van der Waals surface area contributed by atoms with E-state index in [2.05, 4.69) is 15.3 Å². The Hall–Kier alpha value is -1.88. The lowest BCUT2D eigenvalue weighted by Crippen LogP contribution is -2.31. The van der Waals surface area contributed by atoms with E-state index in [-0.39, 0.29) is 12.5 Å². The summed E-state index contributed by atoms with van der Waals surface area (Å²) in [6, 6.07) is 3.77. The van der Waals surface area contributed by atoms with E-state index in [1.165, 1.54) is 0 Å². The van der Waals surface area contributed by atoms with Crippen LogP contribution in [0.1, 0.15) is 12.5 Å². The normalized spacial score (nSPS) is 12.6. The predicted octanol–water partition coefficient (Wildman–Crippen LogP) is 0.602. The van der Waals surface area contributed by atoms with Gasteiger partial charge in [-0.3, -0.25) is 4.79 Å². The second kappa shape index (κ2) is 4.97. The summed E-state index contributed by atoms with van der Waals surface area (Å²) in [5, 5.41) is 12.7. The van der Waals surface area contributed by atoms with E-state index in [4.69, 9.17) is 5.11 Å². The number of pyridine rings is 1. The first-order valence-electron chi connectivity index (χ1n) is 5.52. The molecule has 5 heteroatoms. The molecule has 0 fully saturated rings. The molecule has 0 aromatic carbocycles. The van der Waals surface area contributed by atoms with Crippen LogP contribution in [0.2, 0.25) is 0 Å². The number of carbonyl (C=O) groups is 1. The first-order valence-corrected chi connectivity index (χ1v) is 5.52. The van der Waals surface area contributed by atoms with Gasteiger partial charge in [-0.1, -0.05) is 0 Å². The third-order valence-electron chi connectivity index (χ3n) is 2.48. The number of hydrogen-bond donors (Lipinski definition) is 3. The number of carbonyl (C=O) groups excluding carboxylic acids is 1. The number of aromatic nitrogens is 2. The summed E-state index contributed by atoms with van der Waals surface area (Å²) in [6.45, 7) is 1.91. The molecule has 5 nitrogen and oxygen atoms in total. The van der Waals surface area contributed by atoms with Gasteiger partial charge in [0.1, 0.15) is 5.65 Å². The van der Waals surface area contributed by atoms with E-state index in [1.807, 2.05) is 12.1 Å². The van der Waals surface area contributed by atoms with Crippen LogP contribution in [0, 0.1) is 0 Å². The minimum absolute atomic E-state index is 0.101. The predicted molar refractivity (Wildman–Crippen MR) is 64.5 cm³/mol. The molecule has 0 aliphatic heterocycles. The van der Waals surface area contributed by atoms with Gasteiger partial charge >= 0.3 is 0 Å². The first-order chi connectivity index (χ1) is 8.16. The number of aliphatic hydroxyl groups is 1. The zero-order chi connectivity index (χ0) is 12.3. The van der Waals surface area contributed by atoms with Crippen LogP contribution in [0.4, 0.5) is 0 Å². The number of aromatic amines is 1. The van der Waals surface area contributed by atoms with Crippen LogP contribution in [0.25, 0.3) is 11.0 Å². The summed E-state index contributed by atoms with van der Waals surface area (Å²) in [5.41, 5.74) is 1.70. The van der Waals surface area contributed by atoms with Crippen molar-refractivity contribution in [3.8, 4) is 0 Å². The first kappa shape index (κ1) is 11.6. The summed E-state index contributed by atoms with van der Waals surface area (Å²) < 4.78 is 0. The second-order valence-corrected chi connectivity index (χ2v) is 4.04. The van der Waals surface area contributed by atoms with Crippen molar-refractivity contribution >= 4 is 16.9 Å². The highest BCUT2D eigenvalue weighted by atomic mass is 16.3. The monoisotopic (exact) mass is 233 g/mol. The van der Waals surface area contributed by atoms with Gasteiger partial charge < -0.3 is 15.4 Å². The Kier molecular flexibility index (Phi) is 3.39. The fourth-order valence-corrected chi connectivity index (χ4v) is 1.66. The van der Waals surface area contributed by atoms with Crippen LogP contribution in [0.15, 0.2) is 24.5 Å². The van der Waals surface area contributed by atoms with E-state index in [0.29, 0.717) is 6.42 Å². The van der Waals surface area contributed by atoms with Gasteiger partial charge in [0.25, 0.3) is 0 Å².